The zero-order valence-corrected chi connectivity index (χ0v) is 18.8. The number of aromatic amines is 1. The fourth-order valence-electron chi connectivity index (χ4n) is 3.85. The fraction of sp³-hybridized carbons (Fsp3) is 0.154. The standard InChI is InChI=1S/C26H25N5O2/c1-5-23(32)31(6-2)22-14-20(9-7-16(22)3)29-26-28-15-19-13-18(8-10-21(19)30-26)24-17(4)11-12-27-25(24)33/h5,7-15H,1,6H2,2-4H3,(H,27,33)(H,28,29,30). The number of H-pyrrole nitrogens is 1. The van der Waals surface area contributed by atoms with Crippen LogP contribution in [0.2, 0.25) is 0 Å². The number of hydrogen-bond donors (Lipinski definition) is 2. The Hall–Kier alpha value is -4.26. The second-order valence-electron chi connectivity index (χ2n) is 7.74. The summed E-state index contributed by atoms with van der Waals surface area (Å²) in [5.74, 6) is 0.292. The van der Waals surface area contributed by atoms with E-state index in [2.05, 4.69) is 26.8 Å². The molecule has 7 nitrogen and oxygen atoms in total. The minimum Gasteiger partial charge on any atom is -0.329 e. The van der Waals surface area contributed by atoms with Gasteiger partial charge >= 0.3 is 0 Å². The van der Waals surface area contributed by atoms with E-state index < -0.39 is 0 Å². The number of nitrogens with zero attached hydrogens (tertiary/aromatic N) is 3. The molecule has 0 radical (unpaired) electrons. The molecular formula is C26H25N5O2. The molecule has 2 aromatic carbocycles. The van der Waals surface area contributed by atoms with Gasteiger partial charge in [0.05, 0.1) is 5.52 Å². The van der Waals surface area contributed by atoms with E-state index in [0.29, 0.717) is 18.1 Å². The van der Waals surface area contributed by atoms with E-state index in [-0.39, 0.29) is 11.5 Å². The molecular weight excluding hydrogens is 414 g/mol. The van der Waals surface area contributed by atoms with Crippen molar-refractivity contribution in [3.63, 3.8) is 0 Å². The lowest BCUT2D eigenvalue weighted by atomic mass is 10.0. The topological polar surface area (TPSA) is 91.0 Å². The number of carbonyl (C=O) groups is 1. The number of carbonyl (C=O) groups excluding carboxylic acids is 1. The van der Waals surface area contributed by atoms with Crippen LogP contribution < -0.4 is 15.8 Å². The molecule has 33 heavy (non-hydrogen) atoms. The highest BCUT2D eigenvalue weighted by molar-refractivity contribution is 6.01. The summed E-state index contributed by atoms with van der Waals surface area (Å²) in [5, 5.41) is 4.06. The molecule has 0 bridgehead atoms. The normalized spacial score (nSPS) is 10.8. The van der Waals surface area contributed by atoms with Gasteiger partial charge in [-0.25, -0.2) is 9.97 Å². The predicted octanol–water partition coefficient (Wildman–Crippen LogP) is 4.88. The summed E-state index contributed by atoms with van der Waals surface area (Å²) in [4.78, 5) is 38.0. The molecule has 0 spiro atoms. The number of hydrogen-bond acceptors (Lipinski definition) is 5. The first-order valence-electron chi connectivity index (χ1n) is 10.7. The third-order valence-corrected chi connectivity index (χ3v) is 5.55. The molecule has 0 aliphatic carbocycles. The average molecular weight is 440 g/mol. The smallest absolute Gasteiger partial charge is 0.256 e. The van der Waals surface area contributed by atoms with Gasteiger partial charge in [-0.05, 0) is 73.9 Å². The Bertz CT molecular complexity index is 1420. The average Bonchev–Trinajstić information content (AvgIpc) is 2.81. The second-order valence-corrected chi connectivity index (χ2v) is 7.74. The van der Waals surface area contributed by atoms with Gasteiger partial charge in [0.2, 0.25) is 11.9 Å². The maximum Gasteiger partial charge on any atom is 0.256 e. The number of fused-ring (bicyclic) bond motifs is 1. The second kappa shape index (κ2) is 9.08. The number of rotatable bonds is 6. The van der Waals surface area contributed by atoms with Gasteiger partial charge in [0, 0.05) is 41.3 Å². The number of anilines is 3. The van der Waals surface area contributed by atoms with Crippen LogP contribution in [0.4, 0.5) is 17.3 Å². The summed E-state index contributed by atoms with van der Waals surface area (Å²) in [6.45, 7) is 9.92. The summed E-state index contributed by atoms with van der Waals surface area (Å²) in [6, 6.07) is 13.3. The molecule has 0 saturated heterocycles. The van der Waals surface area contributed by atoms with Gasteiger partial charge in [-0.3, -0.25) is 9.59 Å². The highest BCUT2D eigenvalue weighted by atomic mass is 16.2. The van der Waals surface area contributed by atoms with Crippen molar-refractivity contribution in [2.45, 2.75) is 20.8 Å². The Morgan fingerprint density at radius 2 is 1.97 bits per heavy atom. The maximum atomic E-state index is 12.3. The van der Waals surface area contributed by atoms with E-state index in [4.69, 9.17) is 0 Å². The summed E-state index contributed by atoms with van der Waals surface area (Å²) in [7, 11) is 0. The maximum absolute atomic E-state index is 12.3. The van der Waals surface area contributed by atoms with Gasteiger partial charge < -0.3 is 15.2 Å². The van der Waals surface area contributed by atoms with E-state index >= 15 is 0 Å². The van der Waals surface area contributed by atoms with Crippen molar-refractivity contribution in [3.8, 4) is 11.1 Å². The van der Waals surface area contributed by atoms with Crippen LogP contribution >= 0.6 is 0 Å². The molecule has 2 heterocycles. The zero-order chi connectivity index (χ0) is 23.5. The van der Waals surface area contributed by atoms with Gasteiger partial charge in [-0.2, -0.15) is 0 Å². The number of benzene rings is 2. The minimum atomic E-state index is -0.150. The largest absolute Gasteiger partial charge is 0.329 e. The van der Waals surface area contributed by atoms with Crippen LogP contribution in [0.15, 0.2) is 72.3 Å². The van der Waals surface area contributed by atoms with Crippen molar-refractivity contribution in [2.75, 3.05) is 16.8 Å². The number of amides is 1. The predicted molar refractivity (Wildman–Crippen MR) is 133 cm³/mol. The van der Waals surface area contributed by atoms with Crippen molar-refractivity contribution < 1.29 is 4.79 Å². The Labute approximate surface area is 191 Å². The van der Waals surface area contributed by atoms with Crippen molar-refractivity contribution in [3.05, 3.63) is 89.0 Å². The summed E-state index contributed by atoms with van der Waals surface area (Å²) in [5.41, 5.74) is 5.56. The van der Waals surface area contributed by atoms with Crippen LogP contribution in [0.5, 0.6) is 0 Å². The van der Waals surface area contributed by atoms with Crippen molar-refractivity contribution in [1.82, 2.24) is 15.0 Å². The van der Waals surface area contributed by atoms with Crippen molar-refractivity contribution >= 4 is 34.1 Å². The van der Waals surface area contributed by atoms with Crippen LogP contribution in [0, 0.1) is 13.8 Å². The number of nitrogens with one attached hydrogen (secondary N) is 2. The lowest BCUT2D eigenvalue weighted by Crippen LogP contribution is -2.29. The lowest BCUT2D eigenvalue weighted by molar-refractivity contribution is -0.114. The molecule has 7 heteroatoms. The van der Waals surface area contributed by atoms with Gasteiger partial charge in [-0.1, -0.05) is 18.7 Å². The Balaban J connectivity index is 1.65. The quantitative estimate of drug-likeness (QED) is 0.418. The number of likely N-dealkylation sites (N-methyl/N-ethyl adjacent to an activating group) is 1. The van der Waals surface area contributed by atoms with Crippen LogP contribution in [-0.2, 0) is 4.79 Å². The molecule has 2 N–H and O–H groups in total. The van der Waals surface area contributed by atoms with Crippen LogP contribution in [-0.4, -0.2) is 27.4 Å². The van der Waals surface area contributed by atoms with E-state index in [0.717, 1.165) is 39.0 Å². The first-order valence-corrected chi connectivity index (χ1v) is 10.7. The monoisotopic (exact) mass is 439 g/mol. The van der Waals surface area contributed by atoms with Crippen molar-refractivity contribution in [2.24, 2.45) is 0 Å². The molecule has 0 aliphatic heterocycles. The minimum absolute atomic E-state index is 0.125. The Morgan fingerprint density at radius 1 is 1.15 bits per heavy atom. The molecule has 0 aliphatic rings. The van der Waals surface area contributed by atoms with Crippen LogP contribution in [0.3, 0.4) is 0 Å². The van der Waals surface area contributed by atoms with Crippen LogP contribution in [0.25, 0.3) is 22.0 Å². The highest BCUT2D eigenvalue weighted by Crippen LogP contribution is 2.27. The molecule has 4 aromatic rings. The summed E-state index contributed by atoms with van der Waals surface area (Å²) >= 11 is 0. The Kier molecular flexibility index (Phi) is 6.04. The molecule has 0 saturated carbocycles. The van der Waals surface area contributed by atoms with Crippen molar-refractivity contribution in [1.29, 1.82) is 0 Å². The summed E-state index contributed by atoms with van der Waals surface area (Å²) < 4.78 is 0. The third kappa shape index (κ3) is 4.39. The first kappa shape index (κ1) is 22.0. The molecule has 166 valence electrons. The number of pyridine rings is 1. The molecule has 0 unspecified atom stereocenters. The number of aryl methyl sites for hydroxylation is 2. The van der Waals surface area contributed by atoms with Gasteiger partial charge in [-0.15, -0.1) is 0 Å². The van der Waals surface area contributed by atoms with Gasteiger partial charge in [0.25, 0.3) is 5.56 Å². The fourth-order valence-corrected chi connectivity index (χ4v) is 3.85. The SMILES string of the molecule is C=CC(=O)N(CC)c1cc(Nc2ncc3cc(-c4c(C)cc[nH]c4=O)ccc3n2)ccc1C. The summed E-state index contributed by atoms with van der Waals surface area (Å²) in [6.07, 6.45) is 4.69. The molecule has 2 aromatic heterocycles. The van der Waals surface area contributed by atoms with Gasteiger partial charge in [0.1, 0.15) is 0 Å². The van der Waals surface area contributed by atoms with E-state index in [1.54, 1.807) is 17.3 Å². The van der Waals surface area contributed by atoms with E-state index in [1.807, 2.05) is 63.2 Å². The van der Waals surface area contributed by atoms with E-state index in [1.165, 1.54) is 6.08 Å². The number of aromatic nitrogens is 3. The molecule has 0 fully saturated rings. The molecule has 4 rings (SSSR count). The first-order chi connectivity index (χ1) is 15.9. The van der Waals surface area contributed by atoms with Crippen LogP contribution in [0.1, 0.15) is 18.1 Å². The van der Waals surface area contributed by atoms with E-state index in [9.17, 15) is 9.59 Å². The van der Waals surface area contributed by atoms with Gasteiger partial charge in [0.15, 0.2) is 0 Å². The highest BCUT2D eigenvalue weighted by Gasteiger charge is 2.14. The molecule has 0 atom stereocenters. The third-order valence-electron chi connectivity index (χ3n) is 5.55. The zero-order valence-electron chi connectivity index (χ0n) is 18.8. The molecule has 1 amide bonds. The lowest BCUT2D eigenvalue weighted by Gasteiger charge is -2.22. The Morgan fingerprint density at radius 3 is 2.70 bits per heavy atom.